The lowest BCUT2D eigenvalue weighted by atomic mass is 10.0. The molecule has 0 aliphatic carbocycles. The number of nitrogens with zero attached hydrogens (tertiary/aromatic N) is 1. The van der Waals surface area contributed by atoms with Crippen LogP contribution in [0.5, 0.6) is 0 Å². The van der Waals surface area contributed by atoms with E-state index in [0.29, 0.717) is 38.4 Å². The van der Waals surface area contributed by atoms with Gasteiger partial charge >= 0.3 is 6.18 Å². The standard InChI is InChI=1S/C27H27F4N3O4S/c1-2-6-24(35)34(17-13-15-32-16-14-17)39(37,38)23-12-11-22(18-7-3-4-8-19(18)23)33-26(36)25-20(27(29,30)31)9-5-10-21(25)28/h3-5,7-12,17,32H,2,6,13-16H2,1H3,(H,33,36). The molecule has 0 aromatic heterocycles. The molecular weight excluding hydrogens is 538 g/mol. The second-order valence-corrected chi connectivity index (χ2v) is 11.0. The third-order valence-electron chi connectivity index (χ3n) is 6.57. The molecule has 1 heterocycles. The van der Waals surface area contributed by atoms with Crippen molar-refractivity contribution >= 4 is 38.3 Å². The number of hydrogen-bond donors (Lipinski definition) is 2. The van der Waals surface area contributed by atoms with Crippen LogP contribution in [0.25, 0.3) is 10.8 Å². The molecule has 1 saturated heterocycles. The van der Waals surface area contributed by atoms with Gasteiger partial charge in [-0.05, 0) is 56.6 Å². The highest BCUT2D eigenvalue weighted by atomic mass is 32.2. The average molecular weight is 566 g/mol. The van der Waals surface area contributed by atoms with E-state index in [1.807, 2.05) is 0 Å². The number of fused-ring (bicyclic) bond motifs is 1. The maximum absolute atomic E-state index is 14.4. The summed E-state index contributed by atoms with van der Waals surface area (Å²) in [6.45, 7) is 2.88. The van der Waals surface area contributed by atoms with Crippen LogP contribution in [0.2, 0.25) is 0 Å². The predicted octanol–water partition coefficient (Wildman–Crippen LogP) is 5.32. The zero-order chi connectivity index (χ0) is 28.4. The smallest absolute Gasteiger partial charge is 0.321 e. The Bertz CT molecular complexity index is 1500. The van der Waals surface area contributed by atoms with E-state index in [-0.39, 0.29) is 27.8 Å². The Labute approximate surface area is 223 Å². The minimum Gasteiger partial charge on any atom is -0.321 e. The number of alkyl halides is 3. The Kier molecular flexibility index (Phi) is 8.26. The van der Waals surface area contributed by atoms with E-state index in [1.54, 1.807) is 19.1 Å². The van der Waals surface area contributed by atoms with Gasteiger partial charge in [0.2, 0.25) is 5.91 Å². The highest BCUT2D eigenvalue weighted by Crippen LogP contribution is 2.36. The Balaban J connectivity index is 1.79. The maximum atomic E-state index is 14.4. The van der Waals surface area contributed by atoms with Crippen LogP contribution in [0.3, 0.4) is 0 Å². The van der Waals surface area contributed by atoms with Gasteiger partial charge in [0, 0.05) is 22.9 Å². The molecule has 0 spiro atoms. The van der Waals surface area contributed by atoms with Crippen molar-refractivity contribution in [2.24, 2.45) is 0 Å². The van der Waals surface area contributed by atoms with Gasteiger partial charge in [0.25, 0.3) is 15.9 Å². The molecule has 39 heavy (non-hydrogen) atoms. The van der Waals surface area contributed by atoms with Gasteiger partial charge in [-0.15, -0.1) is 0 Å². The molecule has 2 N–H and O–H groups in total. The quantitative estimate of drug-likeness (QED) is 0.378. The summed E-state index contributed by atoms with van der Waals surface area (Å²) in [6.07, 6.45) is -3.58. The first kappa shape index (κ1) is 28.5. The van der Waals surface area contributed by atoms with Crippen molar-refractivity contribution in [1.29, 1.82) is 0 Å². The number of anilines is 1. The third-order valence-corrected chi connectivity index (χ3v) is 8.50. The number of halogens is 4. The zero-order valence-electron chi connectivity index (χ0n) is 21.0. The number of hydrogen-bond acceptors (Lipinski definition) is 5. The number of nitrogens with one attached hydrogen (secondary N) is 2. The topological polar surface area (TPSA) is 95.6 Å². The molecule has 0 saturated carbocycles. The van der Waals surface area contributed by atoms with Gasteiger partial charge in [0.15, 0.2) is 0 Å². The summed E-state index contributed by atoms with van der Waals surface area (Å²) in [5.74, 6) is -3.21. The third kappa shape index (κ3) is 5.76. The molecule has 0 bridgehead atoms. The molecular formula is C27H27F4N3O4S. The molecule has 3 aromatic carbocycles. The van der Waals surface area contributed by atoms with Gasteiger partial charge in [-0.25, -0.2) is 17.1 Å². The molecule has 1 aliphatic rings. The van der Waals surface area contributed by atoms with Crippen molar-refractivity contribution in [3.05, 3.63) is 71.5 Å². The normalized spacial score (nSPS) is 14.8. The zero-order valence-corrected chi connectivity index (χ0v) is 21.8. The molecule has 3 aromatic rings. The van der Waals surface area contributed by atoms with Crippen molar-refractivity contribution in [3.63, 3.8) is 0 Å². The van der Waals surface area contributed by atoms with Crippen LogP contribution in [0.15, 0.2) is 59.5 Å². The van der Waals surface area contributed by atoms with Crippen LogP contribution >= 0.6 is 0 Å². The van der Waals surface area contributed by atoms with Crippen LogP contribution in [0.1, 0.15) is 48.5 Å². The van der Waals surface area contributed by atoms with E-state index in [2.05, 4.69) is 10.6 Å². The molecule has 1 fully saturated rings. The van der Waals surface area contributed by atoms with Crippen LogP contribution in [-0.2, 0) is 21.0 Å². The Morgan fingerprint density at radius 2 is 1.67 bits per heavy atom. The molecule has 0 radical (unpaired) electrons. The summed E-state index contributed by atoms with van der Waals surface area (Å²) in [5.41, 5.74) is -2.62. The van der Waals surface area contributed by atoms with Gasteiger partial charge in [-0.1, -0.05) is 37.3 Å². The van der Waals surface area contributed by atoms with Crippen LogP contribution in [-0.4, -0.2) is 43.7 Å². The highest BCUT2D eigenvalue weighted by molar-refractivity contribution is 7.90. The Morgan fingerprint density at radius 1 is 1.00 bits per heavy atom. The monoisotopic (exact) mass is 565 g/mol. The first-order valence-electron chi connectivity index (χ1n) is 12.4. The number of piperidine rings is 1. The molecule has 1 aliphatic heterocycles. The van der Waals surface area contributed by atoms with E-state index >= 15 is 0 Å². The van der Waals surface area contributed by atoms with E-state index in [1.165, 1.54) is 24.3 Å². The highest BCUT2D eigenvalue weighted by Gasteiger charge is 2.38. The predicted molar refractivity (Wildman–Crippen MR) is 138 cm³/mol. The largest absolute Gasteiger partial charge is 0.417 e. The molecule has 208 valence electrons. The molecule has 0 atom stereocenters. The number of carbonyl (C=O) groups excluding carboxylic acids is 2. The van der Waals surface area contributed by atoms with E-state index in [4.69, 9.17) is 0 Å². The van der Waals surface area contributed by atoms with Crippen molar-refractivity contribution < 1.29 is 35.6 Å². The number of amides is 2. The summed E-state index contributed by atoms with van der Waals surface area (Å²) in [7, 11) is -4.34. The molecule has 0 unspecified atom stereocenters. The van der Waals surface area contributed by atoms with Crippen molar-refractivity contribution in [1.82, 2.24) is 9.62 Å². The first-order valence-corrected chi connectivity index (χ1v) is 13.9. The van der Waals surface area contributed by atoms with Gasteiger partial charge in [-0.2, -0.15) is 13.2 Å². The fraction of sp³-hybridized carbons (Fsp3) is 0.333. The van der Waals surface area contributed by atoms with Gasteiger partial charge in [0.05, 0.1) is 22.1 Å². The SMILES string of the molecule is CCCC(=O)N(C1CCNCC1)S(=O)(=O)c1ccc(NC(=O)c2c(F)cccc2C(F)(F)F)c2ccccc12. The second-order valence-electron chi connectivity index (χ2n) is 9.20. The van der Waals surface area contributed by atoms with Crippen LogP contribution < -0.4 is 10.6 Å². The summed E-state index contributed by atoms with van der Waals surface area (Å²) < 4.78 is 83.6. The number of carbonyl (C=O) groups is 2. The minimum absolute atomic E-state index is 0.0146. The number of sulfonamides is 1. The van der Waals surface area contributed by atoms with E-state index in [0.717, 1.165) is 16.4 Å². The average Bonchev–Trinajstić information content (AvgIpc) is 2.88. The second kappa shape index (κ2) is 11.3. The number of benzene rings is 3. The maximum Gasteiger partial charge on any atom is 0.417 e. The summed E-state index contributed by atoms with van der Waals surface area (Å²) in [4.78, 5) is 25.8. The Hall–Kier alpha value is -3.51. The van der Waals surface area contributed by atoms with Crippen LogP contribution in [0.4, 0.5) is 23.2 Å². The van der Waals surface area contributed by atoms with E-state index in [9.17, 15) is 35.6 Å². The van der Waals surface area contributed by atoms with Crippen molar-refractivity contribution in [2.45, 2.75) is 49.7 Å². The number of rotatable bonds is 7. The van der Waals surface area contributed by atoms with Crippen molar-refractivity contribution in [3.8, 4) is 0 Å². The fourth-order valence-electron chi connectivity index (χ4n) is 4.79. The molecule has 2 amide bonds. The molecule has 12 heteroatoms. The summed E-state index contributed by atoms with van der Waals surface area (Å²) >= 11 is 0. The van der Waals surface area contributed by atoms with Gasteiger partial charge < -0.3 is 10.6 Å². The first-order chi connectivity index (χ1) is 18.5. The summed E-state index contributed by atoms with van der Waals surface area (Å²) in [6, 6.07) is 10.2. The minimum atomic E-state index is -4.97. The van der Waals surface area contributed by atoms with Crippen LogP contribution in [0, 0.1) is 5.82 Å². The Morgan fingerprint density at radius 3 is 2.31 bits per heavy atom. The lowest BCUT2D eigenvalue weighted by Gasteiger charge is -2.34. The van der Waals surface area contributed by atoms with E-state index < -0.39 is 51.0 Å². The van der Waals surface area contributed by atoms with Gasteiger partial charge in [-0.3, -0.25) is 9.59 Å². The molecule has 7 nitrogen and oxygen atoms in total. The molecule has 4 rings (SSSR count). The van der Waals surface area contributed by atoms with Gasteiger partial charge in [0.1, 0.15) is 5.82 Å². The fourth-order valence-corrected chi connectivity index (χ4v) is 6.66. The lowest BCUT2D eigenvalue weighted by molar-refractivity contribution is -0.138. The lowest BCUT2D eigenvalue weighted by Crippen LogP contribution is -2.49. The summed E-state index contributed by atoms with van der Waals surface area (Å²) in [5, 5.41) is 5.81. The van der Waals surface area contributed by atoms with Crippen molar-refractivity contribution in [2.75, 3.05) is 18.4 Å².